The van der Waals surface area contributed by atoms with Crippen LogP contribution >= 0.6 is 0 Å². The molecule has 0 saturated carbocycles. The van der Waals surface area contributed by atoms with Gasteiger partial charge in [0.15, 0.2) is 0 Å². The van der Waals surface area contributed by atoms with E-state index in [4.69, 9.17) is 5.41 Å². The van der Waals surface area contributed by atoms with Gasteiger partial charge in [0.2, 0.25) is 0 Å². The molecule has 7 heteroatoms. The van der Waals surface area contributed by atoms with Crippen LogP contribution in [-0.4, -0.2) is 41.2 Å². The van der Waals surface area contributed by atoms with Gasteiger partial charge >= 0.3 is 0 Å². The maximum Gasteiger partial charge on any atom is 0.276 e. The molecule has 0 spiro atoms. The Morgan fingerprint density at radius 1 is 1.15 bits per heavy atom. The lowest BCUT2D eigenvalue weighted by Gasteiger charge is -2.16. The van der Waals surface area contributed by atoms with Crippen molar-refractivity contribution in [1.82, 2.24) is 9.97 Å². The second-order valence-corrected chi connectivity index (χ2v) is 6.39. The summed E-state index contributed by atoms with van der Waals surface area (Å²) in [4.78, 5) is 24.7. The Bertz CT molecular complexity index is 840. The number of carbonyl (C=O) groups excluding carboxylic acids is 1. The average molecular weight is 348 g/mol. The van der Waals surface area contributed by atoms with E-state index < -0.39 is 0 Å². The Hall–Kier alpha value is -3.22. The average Bonchev–Trinajstić information content (AvgIpc) is 3.31. The summed E-state index contributed by atoms with van der Waals surface area (Å²) >= 11 is 0. The van der Waals surface area contributed by atoms with E-state index >= 15 is 0 Å². The molecule has 7 nitrogen and oxygen atoms in total. The van der Waals surface area contributed by atoms with Gasteiger partial charge in [0, 0.05) is 31.1 Å². The maximum atomic E-state index is 12.3. The van der Waals surface area contributed by atoms with E-state index in [2.05, 4.69) is 20.2 Å². The number of pyridine rings is 2. The van der Waals surface area contributed by atoms with Crippen LogP contribution in [0.25, 0.3) is 0 Å². The van der Waals surface area contributed by atoms with Gasteiger partial charge in [-0.3, -0.25) is 15.2 Å². The first kappa shape index (κ1) is 16.3. The van der Waals surface area contributed by atoms with E-state index in [1.165, 1.54) is 12.8 Å². The maximum absolute atomic E-state index is 12.3. The molecule has 2 saturated heterocycles. The molecule has 2 aromatic heterocycles. The molecule has 2 aliphatic heterocycles. The molecule has 0 radical (unpaired) electrons. The number of nitrogens with zero attached hydrogens (tertiary/aromatic N) is 4. The van der Waals surface area contributed by atoms with Crippen molar-refractivity contribution in [3.8, 4) is 0 Å². The van der Waals surface area contributed by atoms with Gasteiger partial charge in [0.25, 0.3) is 5.91 Å². The third-order valence-corrected chi connectivity index (χ3v) is 4.66. The van der Waals surface area contributed by atoms with Crippen LogP contribution in [0.2, 0.25) is 0 Å². The van der Waals surface area contributed by atoms with Gasteiger partial charge in [0.05, 0.1) is 30.3 Å². The predicted molar refractivity (Wildman–Crippen MR) is 102 cm³/mol. The monoisotopic (exact) mass is 348 g/mol. The summed E-state index contributed by atoms with van der Waals surface area (Å²) in [6.45, 7) is 2.48. The van der Waals surface area contributed by atoms with E-state index in [0.717, 1.165) is 24.6 Å². The van der Waals surface area contributed by atoms with Crippen molar-refractivity contribution in [3.05, 3.63) is 54.6 Å². The molecule has 132 valence electrons. The van der Waals surface area contributed by atoms with Gasteiger partial charge in [-0.2, -0.15) is 0 Å². The minimum Gasteiger partial charge on any atom is -0.360 e. The topological polar surface area (TPSA) is 85.2 Å². The lowest BCUT2D eigenvalue weighted by atomic mass is 10.2. The Morgan fingerprint density at radius 2 is 2.00 bits per heavy atom. The molecular formula is C19H20N6O. The van der Waals surface area contributed by atoms with Crippen molar-refractivity contribution >= 4 is 28.8 Å². The van der Waals surface area contributed by atoms with E-state index in [1.807, 2.05) is 18.2 Å². The lowest BCUT2D eigenvalue weighted by molar-refractivity contribution is -0.112. The number of hydrogen-bond donors (Lipinski definition) is 2. The SMILES string of the molecule is N=C1C(=O)N(c2cccnc2)C/C1=C/Nc1ccc(N2CCCC2)nc1. The van der Waals surface area contributed by atoms with Gasteiger partial charge in [-0.15, -0.1) is 0 Å². The molecule has 2 fully saturated rings. The fourth-order valence-corrected chi connectivity index (χ4v) is 3.21. The van der Waals surface area contributed by atoms with Crippen LogP contribution in [0.4, 0.5) is 17.2 Å². The van der Waals surface area contributed by atoms with Crippen LogP contribution in [0.1, 0.15) is 12.8 Å². The van der Waals surface area contributed by atoms with Gasteiger partial charge in [-0.25, -0.2) is 4.98 Å². The summed E-state index contributed by atoms with van der Waals surface area (Å²) in [5.41, 5.74) is 2.17. The van der Waals surface area contributed by atoms with Crippen LogP contribution in [0, 0.1) is 5.41 Å². The highest BCUT2D eigenvalue weighted by Crippen LogP contribution is 2.22. The van der Waals surface area contributed by atoms with Crippen LogP contribution in [-0.2, 0) is 4.79 Å². The molecule has 26 heavy (non-hydrogen) atoms. The molecule has 1 amide bonds. The molecule has 2 aliphatic rings. The normalized spacial score (nSPS) is 18.8. The molecular weight excluding hydrogens is 328 g/mol. The first-order valence-electron chi connectivity index (χ1n) is 8.70. The first-order chi connectivity index (χ1) is 12.7. The second kappa shape index (κ2) is 6.95. The standard InChI is InChI=1S/C19H20N6O/c20-18-14(13-25(19(18)26)16-4-3-7-21-12-16)10-22-15-5-6-17(23-11-15)24-8-1-2-9-24/h3-7,10-12,20,22H,1-2,8-9,13H2/b14-10-,20-18?. The summed E-state index contributed by atoms with van der Waals surface area (Å²) < 4.78 is 0. The number of anilines is 3. The summed E-state index contributed by atoms with van der Waals surface area (Å²) in [5, 5.41) is 11.2. The molecule has 0 aliphatic carbocycles. The van der Waals surface area contributed by atoms with Crippen LogP contribution in [0.5, 0.6) is 0 Å². The van der Waals surface area contributed by atoms with E-state index in [1.54, 1.807) is 35.8 Å². The summed E-state index contributed by atoms with van der Waals surface area (Å²) in [6, 6.07) is 7.56. The van der Waals surface area contributed by atoms with Gasteiger partial charge in [0.1, 0.15) is 11.5 Å². The Kier molecular flexibility index (Phi) is 4.35. The highest BCUT2D eigenvalue weighted by atomic mass is 16.2. The molecule has 0 bridgehead atoms. The van der Waals surface area contributed by atoms with Crippen LogP contribution in [0.15, 0.2) is 54.6 Å². The smallest absolute Gasteiger partial charge is 0.276 e. The first-order valence-corrected chi connectivity index (χ1v) is 8.70. The van der Waals surface area contributed by atoms with Crippen molar-refractivity contribution in [2.75, 3.05) is 34.8 Å². The van der Waals surface area contributed by atoms with Crippen LogP contribution in [0.3, 0.4) is 0 Å². The molecule has 4 heterocycles. The fraction of sp³-hybridized carbons (Fsp3) is 0.263. The minimum absolute atomic E-state index is 0.00278. The van der Waals surface area contributed by atoms with Crippen molar-refractivity contribution in [2.45, 2.75) is 12.8 Å². The number of rotatable bonds is 4. The summed E-state index contributed by atoms with van der Waals surface area (Å²) in [5.74, 6) is 0.681. The Balaban J connectivity index is 1.45. The van der Waals surface area contributed by atoms with Gasteiger partial charge in [-0.05, 0) is 37.1 Å². The predicted octanol–water partition coefficient (Wildman–Crippen LogP) is 2.44. The zero-order valence-corrected chi connectivity index (χ0v) is 14.4. The Labute approximate surface area is 151 Å². The summed E-state index contributed by atoms with van der Waals surface area (Å²) in [7, 11) is 0. The van der Waals surface area contributed by atoms with Gasteiger partial charge in [-0.1, -0.05) is 0 Å². The fourth-order valence-electron chi connectivity index (χ4n) is 3.21. The second-order valence-electron chi connectivity index (χ2n) is 6.39. The molecule has 2 N–H and O–H groups in total. The van der Waals surface area contributed by atoms with Crippen molar-refractivity contribution in [2.24, 2.45) is 0 Å². The van der Waals surface area contributed by atoms with E-state index in [9.17, 15) is 4.79 Å². The van der Waals surface area contributed by atoms with Crippen molar-refractivity contribution < 1.29 is 4.79 Å². The highest BCUT2D eigenvalue weighted by molar-refractivity contribution is 6.51. The van der Waals surface area contributed by atoms with Crippen molar-refractivity contribution in [3.63, 3.8) is 0 Å². The molecule has 0 unspecified atom stereocenters. The number of hydrogen-bond acceptors (Lipinski definition) is 6. The minimum atomic E-state index is -0.312. The molecule has 0 aromatic carbocycles. The number of nitrogens with one attached hydrogen (secondary N) is 2. The number of carbonyl (C=O) groups is 1. The third kappa shape index (κ3) is 3.15. The zero-order valence-electron chi connectivity index (χ0n) is 14.4. The number of amides is 1. The molecule has 0 atom stereocenters. The molecule has 4 rings (SSSR count). The van der Waals surface area contributed by atoms with E-state index in [-0.39, 0.29) is 11.6 Å². The van der Waals surface area contributed by atoms with Gasteiger partial charge < -0.3 is 15.1 Å². The van der Waals surface area contributed by atoms with E-state index in [0.29, 0.717) is 17.8 Å². The third-order valence-electron chi connectivity index (χ3n) is 4.66. The Morgan fingerprint density at radius 3 is 2.69 bits per heavy atom. The van der Waals surface area contributed by atoms with Crippen LogP contribution < -0.4 is 15.1 Å². The quantitative estimate of drug-likeness (QED) is 0.886. The zero-order chi connectivity index (χ0) is 17.9. The largest absolute Gasteiger partial charge is 0.360 e. The summed E-state index contributed by atoms with van der Waals surface area (Å²) in [6.07, 6.45) is 9.22. The lowest BCUT2D eigenvalue weighted by Crippen LogP contribution is -2.26. The molecule has 2 aromatic rings. The van der Waals surface area contributed by atoms with Crippen molar-refractivity contribution in [1.29, 1.82) is 5.41 Å². The highest BCUT2D eigenvalue weighted by Gasteiger charge is 2.31. The number of aromatic nitrogens is 2.